The molecule has 4 amide bonds. The monoisotopic (exact) mass is 467 g/mol. The van der Waals surface area contributed by atoms with E-state index in [9.17, 15) is 14.4 Å². The molecule has 7 nitrogen and oxygen atoms in total. The zero-order valence-corrected chi connectivity index (χ0v) is 19.2. The van der Waals surface area contributed by atoms with E-state index < -0.39 is 36.0 Å². The second-order valence-electron chi connectivity index (χ2n) is 8.73. The Morgan fingerprint density at radius 2 is 1.63 bits per heavy atom. The Morgan fingerprint density at radius 1 is 0.971 bits per heavy atom. The van der Waals surface area contributed by atoms with E-state index in [0.29, 0.717) is 11.3 Å². The van der Waals surface area contributed by atoms with Gasteiger partial charge < -0.3 is 15.1 Å². The van der Waals surface area contributed by atoms with Crippen LogP contribution in [0, 0.1) is 0 Å². The van der Waals surface area contributed by atoms with Gasteiger partial charge in [0.25, 0.3) is 5.91 Å². The molecule has 35 heavy (non-hydrogen) atoms. The van der Waals surface area contributed by atoms with Gasteiger partial charge in [0, 0.05) is 11.8 Å². The Hall–Kier alpha value is -4.39. The lowest BCUT2D eigenvalue weighted by molar-refractivity contribution is -0.135. The minimum absolute atomic E-state index is 0.274. The number of urea groups is 1. The van der Waals surface area contributed by atoms with E-state index in [2.05, 4.69) is 10.6 Å². The van der Waals surface area contributed by atoms with Crippen LogP contribution in [0.1, 0.15) is 29.9 Å². The summed E-state index contributed by atoms with van der Waals surface area (Å²) in [6.45, 7) is 1.41. The fourth-order valence-corrected chi connectivity index (χ4v) is 4.53. The van der Waals surface area contributed by atoms with E-state index in [1.54, 1.807) is 6.92 Å². The molecule has 5 rings (SSSR count). The molecule has 7 heteroatoms. The molecule has 2 N–H and O–H groups in total. The van der Waals surface area contributed by atoms with E-state index in [1.165, 1.54) is 0 Å². The fourth-order valence-electron chi connectivity index (χ4n) is 4.53. The third kappa shape index (κ3) is 4.28. The standard InChI is InChI=1S/C28H25N3O4/c1-19(24-16-21-12-8-9-15-23(21)35-24)29-25(32)18-31-26(33)28(30-27(31)34,22-13-6-3-7-14-22)17-20-10-4-2-5-11-20/h2-16,19H,17-18H2,1H3,(H,29,32)(H,30,34)/t19-,28+/m1/s1. The summed E-state index contributed by atoms with van der Waals surface area (Å²) < 4.78 is 5.83. The van der Waals surface area contributed by atoms with Crippen molar-refractivity contribution in [2.45, 2.75) is 24.9 Å². The molecular formula is C28H25N3O4. The van der Waals surface area contributed by atoms with Crippen molar-refractivity contribution in [3.8, 4) is 0 Å². The van der Waals surface area contributed by atoms with Gasteiger partial charge in [-0.25, -0.2) is 4.79 Å². The van der Waals surface area contributed by atoms with E-state index >= 15 is 0 Å². The molecule has 0 radical (unpaired) electrons. The zero-order chi connectivity index (χ0) is 24.4. The molecule has 1 fully saturated rings. The van der Waals surface area contributed by atoms with Gasteiger partial charge in [0.05, 0.1) is 6.04 Å². The number of benzene rings is 3. The Bertz CT molecular complexity index is 1350. The Kier molecular flexibility index (Phi) is 5.82. The number of para-hydroxylation sites is 1. The molecule has 1 aliphatic heterocycles. The van der Waals surface area contributed by atoms with E-state index in [0.717, 1.165) is 21.4 Å². The first-order valence-electron chi connectivity index (χ1n) is 11.5. The largest absolute Gasteiger partial charge is 0.459 e. The molecule has 0 unspecified atom stereocenters. The van der Waals surface area contributed by atoms with Gasteiger partial charge in [-0.3, -0.25) is 14.5 Å². The first-order valence-corrected chi connectivity index (χ1v) is 11.5. The summed E-state index contributed by atoms with van der Waals surface area (Å²) in [5, 5.41) is 6.65. The van der Waals surface area contributed by atoms with Gasteiger partial charge in [0.15, 0.2) is 5.54 Å². The maximum absolute atomic E-state index is 13.7. The summed E-state index contributed by atoms with van der Waals surface area (Å²) in [6.07, 6.45) is 0.274. The maximum atomic E-state index is 13.7. The topological polar surface area (TPSA) is 91.7 Å². The number of hydrogen-bond donors (Lipinski definition) is 2. The van der Waals surface area contributed by atoms with Crippen LogP contribution in [0.15, 0.2) is 95.4 Å². The van der Waals surface area contributed by atoms with Crippen LogP contribution in [0.25, 0.3) is 11.0 Å². The Balaban J connectivity index is 1.35. The first-order chi connectivity index (χ1) is 17.0. The summed E-state index contributed by atoms with van der Waals surface area (Å²) in [4.78, 5) is 40.5. The van der Waals surface area contributed by atoms with Crippen LogP contribution in [-0.4, -0.2) is 29.3 Å². The Morgan fingerprint density at radius 3 is 2.34 bits per heavy atom. The van der Waals surface area contributed by atoms with Gasteiger partial charge in [0.2, 0.25) is 5.91 Å². The second kappa shape index (κ2) is 9.10. The Labute approximate surface area is 202 Å². The molecule has 0 aliphatic carbocycles. The minimum atomic E-state index is -1.29. The lowest BCUT2D eigenvalue weighted by atomic mass is 9.83. The highest BCUT2D eigenvalue weighted by molar-refractivity contribution is 6.09. The highest BCUT2D eigenvalue weighted by Gasteiger charge is 2.52. The molecule has 176 valence electrons. The molecule has 2 heterocycles. The average Bonchev–Trinajstić information content (AvgIpc) is 3.41. The van der Waals surface area contributed by atoms with Crippen molar-refractivity contribution in [2.24, 2.45) is 0 Å². The number of rotatable bonds is 7. The van der Waals surface area contributed by atoms with E-state index in [4.69, 9.17) is 4.42 Å². The van der Waals surface area contributed by atoms with Crippen molar-refractivity contribution < 1.29 is 18.8 Å². The van der Waals surface area contributed by atoms with Crippen molar-refractivity contribution >= 4 is 28.8 Å². The number of amides is 4. The summed E-state index contributed by atoms with van der Waals surface area (Å²) >= 11 is 0. The number of hydrogen-bond acceptors (Lipinski definition) is 4. The SMILES string of the molecule is C[C@@H](NC(=O)CN1C(=O)N[C@@](Cc2ccccc2)(c2ccccc2)C1=O)c1cc2ccccc2o1. The number of nitrogens with one attached hydrogen (secondary N) is 2. The quantitative estimate of drug-likeness (QED) is 0.397. The molecule has 0 bridgehead atoms. The number of carbonyl (C=O) groups is 3. The minimum Gasteiger partial charge on any atom is -0.459 e. The van der Waals surface area contributed by atoms with Gasteiger partial charge in [-0.15, -0.1) is 0 Å². The highest BCUT2D eigenvalue weighted by atomic mass is 16.3. The van der Waals surface area contributed by atoms with Crippen molar-refractivity contribution in [3.63, 3.8) is 0 Å². The molecule has 1 aromatic heterocycles. The summed E-state index contributed by atoms with van der Waals surface area (Å²) in [7, 11) is 0. The third-order valence-electron chi connectivity index (χ3n) is 6.30. The van der Waals surface area contributed by atoms with Crippen molar-refractivity contribution in [2.75, 3.05) is 6.54 Å². The lowest BCUT2D eigenvalue weighted by Gasteiger charge is -2.27. The number of imide groups is 1. The van der Waals surface area contributed by atoms with Gasteiger partial charge in [-0.2, -0.15) is 0 Å². The first kappa shape index (κ1) is 22.4. The molecule has 0 spiro atoms. The number of fused-ring (bicyclic) bond motifs is 1. The van der Waals surface area contributed by atoms with Crippen molar-refractivity contribution in [3.05, 3.63) is 108 Å². The average molecular weight is 468 g/mol. The zero-order valence-electron chi connectivity index (χ0n) is 19.2. The molecule has 2 atom stereocenters. The summed E-state index contributed by atoms with van der Waals surface area (Å²) in [6, 6.07) is 27.1. The van der Waals surface area contributed by atoms with Crippen LogP contribution in [0.5, 0.6) is 0 Å². The van der Waals surface area contributed by atoms with Crippen LogP contribution < -0.4 is 10.6 Å². The summed E-state index contributed by atoms with van der Waals surface area (Å²) in [5.74, 6) is -0.311. The maximum Gasteiger partial charge on any atom is 0.325 e. The normalized spacial score (nSPS) is 18.5. The number of furan rings is 1. The van der Waals surface area contributed by atoms with Gasteiger partial charge in [-0.05, 0) is 30.2 Å². The van der Waals surface area contributed by atoms with Crippen molar-refractivity contribution in [1.82, 2.24) is 15.5 Å². The number of nitrogens with zero attached hydrogens (tertiary/aromatic N) is 1. The third-order valence-corrected chi connectivity index (χ3v) is 6.30. The van der Waals surface area contributed by atoms with Gasteiger partial charge >= 0.3 is 6.03 Å². The smallest absolute Gasteiger partial charge is 0.325 e. The van der Waals surface area contributed by atoms with Gasteiger partial charge in [-0.1, -0.05) is 78.9 Å². The van der Waals surface area contributed by atoms with Crippen LogP contribution in [-0.2, 0) is 21.5 Å². The van der Waals surface area contributed by atoms with Crippen molar-refractivity contribution in [1.29, 1.82) is 0 Å². The molecule has 0 saturated carbocycles. The molecule has 4 aromatic rings. The molecule has 1 aliphatic rings. The van der Waals surface area contributed by atoms with Crippen LogP contribution >= 0.6 is 0 Å². The predicted octanol–water partition coefficient (Wildman–Crippen LogP) is 4.30. The molecule has 1 saturated heterocycles. The number of carbonyl (C=O) groups excluding carboxylic acids is 3. The van der Waals surface area contributed by atoms with Crippen LogP contribution in [0.4, 0.5) is 4.79 Å². The van der Waals surface area contributed by atoms with E-state index in [-0.39, 0.29) is 6.42 Å². The van der Waals surface area contributed by atoms with E-state index in [1.807, 2.05) is 91.0 Å². The summed E-state index contributed by atoms with van der Waals surface area (Å²) in [5.41, 5.74) is 1.01. The molecular weight excluding hydrogens is 442 g/mol. The molecule has 3 aromatic carbocycles. The lowest BCUT2D eigenvalue weighted by Crippen LogP contribution is -2.47. The highest BCUT2D eigenvalue weighted by Crippen LogP contribution is 2.33. The second-order valence-corrected chi connectivity index (χ2v) is 8.73. The fraction of sp³-hybridized carbons (Fsp3) is 0.179. The van der Waals surface area contributed by atoms with Crippen LogP contribution in [0.2, 0.25) is 0 Å². The van der Waals surface area contributed by atoms with Crippen LogP contribution in [0.3, 0.4) is 0 Å². The van der Waals surface area contributed by atoms with Gasteiger partial charge in [0.1, 0.15) is 17.9 Å². The predicted molar refractivity (Wildman–Crippen MR) is 131 cm³/mol.